The third-order valence-electron chi connectivity index (χ3n) is 4.05. The molecule has 1 saturated heterocycles. The minimum Gasteiger partial charge on any atom is -0.405 e. The van der Waals surface area contributed by atoms with Crippen LogP contribution < -0.4 is 15.4 Å². The topological polar surface area (TPSA) is 66.0 Å². The molecule has 9 heteroatoms. The van der Waals surface area contributed by atoms with Gasteiger partial charge in [-0.25, -0.2) is 0 Å². The molecule has 1 aromatic carbocycles. The van der Waals surface area contributed by atoms with Crippen LogP contribution in [0.25, 0.3) is 0 Å². The number of carbonyl (C=O) groups excluding carboxylic acids is 1. The Hall–Kier alpha value is -2.45. The lowest BCUT2D eigenvalue weighted by atomic mass is 10.2. The van der Waals surface area contributed by atoms with Crippen molar-refractivity contribution in [3.05, 3.63) is 29.8 Å². The molecule has 1 aromatic rings. The molecule has 26 heavy (non-hydrogen) atoms. The molecular weight excluding hydrogens is 349 g/mol. The average Bonchev–Trinajstić information content (AvgIpc) is 3.06. The molecule has 1 amide bonds. The summed E-state index contributed by atoms with van der Waals surface area (Å²) < 4.78 is 41.5. The van der Waals surface area contributed by atoms with Crippen molar-refractivity contribution < 1.29 is 22.7 Å². The standard InChI is InChI=1S/C17H23F3N4O2/c1-3-15(25)24-9-8-13(11-24)23-16(21-2)22-10-12-6-4-5-7-14(12)26-17(18,19)20/h4-7,13H,3,8-11H2,1-2H3,(H2,21,22,23). The molecule has 0 aliphatic carbocycles. The van der Waals surface area contributed by atoms with E-state index in [0.717, 1.165) is 6.42 Å². The zero-order valence-corrected chi connectivity index (χ0v) is 14.8. The maximum atomic E-state index is 12.5. The van der Waals surface area contributed by atoms with E-state index in [1.807, 2.05) is 6.92 Å². The van der Waals surface area contributed by atoms with Crippen molar-refractivity contribution in [3.63, 3.8) is 0 Å². The highest BCUT2D eigenvalue weighted by atomic mass is 19.4. The minimum atomic E-state index is -4.74. The Morgan fingerprint density at radius 2 is 2.12 bits per heavy atom. The third kappa shape index (κ3) is 5.82. The number of nitrogens with one attached hydrogen (secondary N) is 2. The number of aliphatic imine (C=N–C) groups is 1. The van der Waals surface area contributed by atoms with Gasteiger partial charge in [0.15, 0.2) is 5.96 Å². The van der Waals surface area contributed by atoms with Gasteiger partial charge in [-0.2, -0.15) is 0 Å². The van der Waals surface area contributed by atoms with E-state index in [-0.39, 0.29) is 24.2 Å². The second-order valence-electron chi connectivity index (χ2n) is 5.90. The molecule has 1 unspecified atom stereocenters. The minimum absolute atomic E-state index is 0.0540. The van der Waals surface area contributed by atoms with E-state index in [1.54, 1.807) is 24.1 Å². The molecule has 6 nitrogen and oxygen atoms in total. The Morgan fingerprint density at radius 1 is 1.38 bits per heavy atom. The molecule has 1 heterocycles. The highest BCUT2D eigenvalue weighted by Crippen LogP contribution is 2.26. The second kappa shape index (κ2) is 8.77. The SMILES string of the molecule is CCC(=O)N1CCC(NC(=NC)NCc2ccccc2OC(F)(F)F)C1. The van der Waals surface area contributed by atoms with Gasteiger partial charge in [0, 0.05) is 44.7 Å². The fraction of sp³-hybridized carbons (Fsp3) is 0.529. The number of alkyl halides is 3. The third-order valence-corrected chi connectivity index (χ3v) is 4.05. The first-order chi connectivity index (χ1) is 12.3. The Labute approximate surface area is 150 Å². The van der Waals surface area contributed by atoms with Gasteiger partial charge in [-0.1, -0.05) is 25.1 Å². The lowest BCUT2D eigenvalue weighted by molar-refractivity contribution is -0.274. The number of hydrogen-bond donors (Lipinski definition) is 2. The highest BCUT2D eigenvalue weighted by molar-refractivity contribution is 5.80. The van der Waals surface area contributed by atoms with Gasteiger partial charge in [-0.15, -0.1) is 13.2 Å². The van der Waals surface area contributed by atoms with Crippen molar-refractivity contribution in [2.24, 2.45) is 4.99 Å². The molecule has 1 atom stereocenters. The van der Waals surface area contributed by atoms with Gasteiger partial charge < -0.3 is 20.3 Å². The van der Waals surface area contributed by atoms with Crippen LogP contribution in [0.5, 0.6) is 5.75 Å². The molecule has 0 saturated carbocycles. The lowest BCUT2D eigenvalue weighted by Gasteiger charge is -2.19. The number of nitrogens with zero attached hydrogens (tertiary/aromatic N) is 2. The molecule has 0 aromatic heterocycles. The van der Waals surface area contributed by atoms with E-state index >= 15 is 0 Å². The monoisotopic (exact) mass is 372 g/mol. The van der Waals surface area contributed by atoms with Crippen LogP contribution in [-0.2, 0) is 11.3 Å². The predicted octanol–water partition coefficient (Wildman–Crippen LogP) is 2.26. The summed E-state index contributed by atoms with van der Waals surface area (Å²) in [5.74, 6) is 0.321. The van der Waals surface area contributed by atoms with Crippen molar-refractivity contribution in [3.8, 4) is 5.75 Å². The summed E-state index contributed by atoms with van der Waals surface area (Å²) in [7, 11) is 1.58. The van der Waals surface area contributed by atoms with Crippen LogP contribution in [0.3, 0.4) is 0 Å². The van der Waals surface area contributed by atoms with Crippen LogP contribution in [-0.4, -0.2) is 49.3 Å². The van der Waals surface area contributed by atoms with Crippen molar-refractivity contribution in [2.45, 2.75) is 38.7 Å². The van der Waals surface area contributed by atoms with Crippen molar-refractivity contribution in [2.75, 3.05) is 20.1 Å². The maximum Gasteiger partial charge on any atom is 0.573 e. The first-order valence-corrected chi connectivity index (χ1v) is 8.41. The Bertz CT molecular complexity index is 649. The van der Waals surface area contributed by atoms with E-state index in [9.17, 15) is 18.0 Å². The molecule has 0 bridgehead atoms. The number of halogens is 3. The van der Waals surface area contributed by atoms with Gasteiger partial charge in [0.2, 0.25) is 5.91 Å². The number of likely N-dealkylation sites (tertiary alicyclic amines) is 1. The fourth-order valence-corrected chi connectivity index (χ4v) is 2.77. The number of benzene rings is 1. The number of hydrogen-bond acceptors (Lipinski definition) is 3. The van der Waals surface area contributed by atoms with Crippen LogP contribution in [0.2, 0.25) is 0 Å². The van der Waals surface area contributed by atoms with E-state index in [2.05, 4.69) is 20.4 Å². The normalized spacial score (nSPS) is 18.0. The highest BCUT2D eigenvalue weighted by Gasteiger charge is 2.32. The molecule has 144 valence electrons. The average molecular weight is 372 g/mol. The Kier molecular flexibility index (Phi) is 6.70. The molecule has 0 spiro atoms. The number of ether oxygens (including phenoxy) is 1. The van der Waals surface area contributed by atoms with Crippen LogP contribution in [0.15, 0.2) is 29.3 Å². The molecule has 2 rings (SSSR count). The molecule has 1 fully saturated rings. The number of guanidine groups is 1. The summed E-state index contributed by atoms with van der Waals surface area (Å²) >= 11 is 0. The van der Waals surface area contributed by atoms with Crippen molar-refractivity contribution >= 4 is 11.9 Å². The smallest absolute Gasteiger partial charge is 0.405 e. The zero-order valence-electron chi connectivity index (χ0n) is 14.8. The van der Waals surface area contributed by atoms with E-state index < -0.39 is 6.36 Å². The molecule has 1 aliphatic rings. The van der Waals surface area contributed by atoms with E-state index in [1.165, 1.54) is 12.1 Å². The number of carbonyl (C=O) groups is 1. The molecule has 2 N–H and O–H groups in total. The van der Waals surface area contributed by atoms with Crippen LogP contribution >= 0.6 is 0 Å². The molecule has 0 radical (unpaired) electrons. The van der Waals surface area contributed by atoms with Crippen LogP contribution in [0.4, 0.5) is 13.2 Å². The Balaban J connectivity index is 1.91. The summed E-state index contributed by atoms with van der Waals surface area (Å²) in [5, 5.41) is 6.18. The van der Waals surface area contributed by atoms with E-state index in [0.29, 0.717) is 31.0 Å². The van der Waals surface area contributed by atoms with Crippen LogP contribution in [0, 0.1) is 0 Å². The first-order valence-electron chi connectivity index (χ1n) is 8.41. The Morgan fingerprint density at radius 3 is 2.77 bits per heavy atom. The number of para-hydroxylation sites is 1. The van der Waals surface area contributed by atoms with Gasteiger partial charge >= 0.3 is 6.36 Å². The maximum absolute atomic E-state index is 12.5. The zero-order chi connectivity index (χ0) is 19.2. The van der Waals surface area contributed by atoms with Gasteiger partial charge in [0.1, 0.15) is 5.75 Å². The van der Waals surface area contributed by atoms with E-state index in [4.69, 9.17) is 0 Å². The van der Waals surface area contributed by atoms with Gasteiger partial charge in [-0.05, 0) is 12.5 Å². The first kappa shape index (κ1) is 19.9. The summed E-state index contributed by atoms with van der Waals surface area (Å²) in [6.07, 6.45) is -3.48. The van der Waals surface area contributed by atoms with Crippen molar-refractivity contribution in [1.29, 1.82) is 0 Å². The van der Waals surface area contributed by atoms with Gasteiger partial charge in [0.05, 0.1) is 0 Å². The van der Waals surface area contributed by atoms with Crippen molar-refractivity contribution in [1.82, 2.24) is 15.5 Å². The quantitative estimate of drug-likeness (QED) is 0.615. The van der Waals surface area contributed by atoms with Gasteiger partial charge in [-0.3, -0.25) is 9.79 Å². The predicted molar refractivity (Wildman–Crippen MR) is 91.7 cm³/mol. The fourth-order valence-electron chi connectivity index (χ4n) is 2.77. The summed E-state index contributed by atoms with van der Waals surface area (Å²) in [4.78, 5) is 17.6. The number of rotatable bonds is 5. The summed E-state index contributed by atoms with van der Waals surface area (Å²) in [6, 6.07) is 6.00. The van der Waals surface area contributed by atoms with Crippen LogP contribution in [0.1, 0.15) is 25.3 Å². The second-order valence-corrected chi connectivity index (χ2v) is 5.90. The summed E-state index contributed by atoms with van der Waals surface area (Å²) in [5.41, 5.74) is 0.363. The largest absolute Gasteiger partial charge is 0.573 e. The summed E-state index contributed by atoms with van der Waals surface area (Å²) in [6.45, 7) is 3.21. The molecular formula is C17H23F3N4O2. The lowest BCUT2D eigenvalue weighted by Crippen LogP contribution is -2.44. The number of amides is 1. The molecule has 1 aliphatic heterocycles. The van der Waals surface area contributed by atoms with Gasteiger partial charge in [0.25, 0.3) is 0 Å².